The monoisotopic (exact) mass is 278 g/mol. The molecule has 1 amide bonds. The molecule has 112 valence electrons. The fourth-order valence-corrected chi connectivity index (χ4v) is 2.44. The van der Waals surface area contributed by atoms with Crippen LogP contribution in [0.2, 0.25) is 0 Å². The van der Waals surface area contributed by atoms with Crippen molar-refractivity contribution in [2.45, 2.75) is 51.0 Å². The summed E-state index contributed by atoms with van der Waals surface area (Å²) in [5.41, 5.74) is 0. The highest BCUT2D eigenvalue weighted by Gasteiger charge is 2.17. The minimum absolute atomic E-state index is 0.0795. The number of aliphatic hydroxyl groups excluding tert-OH is 1. The maximum absolute atomic E-state index is 12.3. The molecule has 0 aromatic carbocycles. The summed E-state index contributed by atoms with van der Waals surface area (Å²) in [6.07, 6.45) is 3.33. The van der Waals surface area contributed by atoms with E-state index < -0.39 is 13.0 Å². The van der Waals surface area contributed by atoms with Gasteiger partial charge in [0.1, 0.15) is 0 Å². The molecule has 4 nitrogen and oxygen atoms in total. The number of aliphatic hydroxyl groups is 1. The lowest BCUT2D eigenvalue weighted by Gasteiger charge is -2.24. The Morgan fingerprint density at radius 2 is 1.95 bits per heavy atom. The normalized spacial score (nSPS) is 17.1. The van der Waals surface area contributed by atoms with Gasteiger partial charge in [0.25, 0.3) is 6.43 Å². The molecule has 0 heterocycles. The zero-order valence-corrected chi connectivity index (χ0v) is 11.3. The van der Waals surface area contributed by atoms with Gasteiger partial charge < -0.3 is 10.4 Å². The van der Waals surface area contributed by atoms with Gasteiger partial charge in [0.2, 0.25) is 5.91 Å². The van der Waals surface area contributed by atoms with Gasteiger partial charge in [-0.15, -0.1) is 0 Å². The SMILES string of the molecule is O=C(CCN(CCO)CC(F)F)NC1CCCCC1. The molecule has 0 aliphatic heterocycles. The van der Waals surface area contributed by atoms with Crippen LogP contribution >= 0.6 is 0 Å². The highest BCUT2D eigenvalue weighted by molar-refractivity contribution is 5.76. The Morgan fingerprint density at radius 1 is 1.26 bits per heavy atom. The lowest BCUT2D eigenvalue weighted by Crippen LogP contribution is -2.39. The van der Waals surface area contributed by atoms with Crippen LogP contribution in [-0.4, -0.2) is 54.6 Å². The Morgan fingerprint density at radius 3 is 2.53 bits per heavy atom. The van der Waals surface area contributed by atoms with Gasteiger partial charge in [-0.2, -0.15) is 0 Å². The van der Waals surface area contributed by atoms with Gasteiger partial charge >= 0.3 is 0 Å². The predicted molar refractivity (Wildman–Crippen MR) is 69.2 cm³/mol. The van der Waals surface area contributed by atoms with E-state index in [-0.39, 0.29) is 38.1 Å². The first kappa shape index (κ1) is 16.3. The number of rotatable bonds is 8. The number of hydrogen-bond acceptors (Lipinski definition) is 3. The molecule has 0 bridgehead atoms. The van der Waals surface area contributed by atoms with Gasteiger partial charge in [0.05, 0.1) is 13.2 Å². The fraction of sp³-hybridized carbons (Fsp3) is 0.923. The van der Waals surface area contributed by atoms with Gasteiger partial charge in [0.15, 0.2) is 0 Å². The van der Waals surface area contributed by atoms with E-state index in [1.54, 1.807) is 0 Å². The van der Waals surface area contributed by atoms with Gasteiger partial charge in [0, 0.05) is 25.6 Å². The van der Waals surface area contributed by atoms with Gasteiger partial charge in [-0.25, -0.2) is 8.78 Å². The summed E-state index contributed by atoms with van der Waals surface area (Å²) in [6, 6.07) is 0.252. The lowest BCUT2D eigenvalue weighted by atomic mass is 9.95. The van der Waals surface area contributed by atoms with Gasteiger partial charge in [-0.05, 0) is 12.8 Å². The molecule has 0 aromatic heterocycles. The van der Waals surface area contributed by atoms with E-state index in [2.05, 4.69) is 5.32 Å². The Labute approximate surface area is 113 Å². The van der Waals surface area contributed by atoms with E-state index in [0.717, 1.165) is 25.7 Å². The maximum atomic E-state index is 12.3. The number of amides is 1. The largest absolute Gasteiger partial charge is 0.395 e. The summed E-state index contributed by atoms with van der Waals surface area (Å²) < 4.78 is 24.6. The van der Waals surface area contributed by atoms with Crippen LogP contribution in [0.5, 0.6) is 0 Å². The van der Waals surface area contributed by atoms with Crippen molar-refractivity contribution in [1.82, 2.24) is 10.2 Å². The number of hydrogen-bond donors (Lipinski definition) is 2. The van der Waals surface area contributed by atoms with Gasteiger partial charge in [-0.1, -0.05) is 19.3 Å². The molecule has 0 unspecified atom stereocenters. The van der Waals surface area contributed by atoms with Crippen molar-refractivity contribution < 1.29 is 18.7 Å². The Hall–Kier alpha value is -0.750. The van der Waals surface area contributed by atoms with E-state index in [1.165, 1.54) is 11.3 Å². The van der Waals surface area contributed by atoms with E-state index in [1.807, 2.05) is 0 Å². The molecule has 0 atom stereocenters. The molecule has 2 N–H and O–H groups in total. The van der Waals surface area contributed by atoms with Crippen LogP contribution in [-0.2, 0) is 4.79 Å². The van der Waals surface area contributed by atoms with E-state index >= 15 is 0 Å². The minimum Gasteiger partial charge on any atom is -0.395 e. The quantitative estimate of drug-likeness (QED) is 0.705. The van der Waals surface area contributed by atoms with Crippen molar-refractivity contribution in [1.29, 1.82) is 0 Å². The zero-order chi connectivity index (χ0) is 14.1. The van der Waals surface area contributed by atoms with Crippen LogP contribution in [0.4, 0.5) is 8.78 Å². The Kier molecular flexibility index (Phi) is 7.90. The molecular formula is C13H24F2N2O2. The van der Waals surface area contributed by atoms with Crippen LogP contribution < -0.4 is 5.32 Å². The molecule has 19 heavy (non-hydrogen) atoms. The number of nitrogens with zero attached hydrogens (tertiary/aromatic N) is 1. The fourth-order valence-electron chi connectivity index (χ4n) is 2.44. The summed E-state index contributed by atoms with van der Waals surface area (Å²) in [5.74, 6) is -0.0795. The Bertz CT molecular complexity index is 259. The first-order chi connectivity index (χ1) is 9.11. The molecule has 1 saturated carbocycles. The van der Waals surface area contributed by atoms with Crippen molar-refractivity contribution in [3.8, 4) is 0 Å². The molecule has 1 fully saturated rings. The first-order valence-corrected chi connectivity index (χ1v) is 7.02. The number of nitrogens with one attached hydrogen (secondary N) is 1. The highest BCUT2D eigenvalue weighted by Crippen LogP contribution is 2.17. The summed E-state index contributed by atoms with van der Waals surface area (Å²) in [4.78, 5) is 13.1. The average Bonchev–Trinajstić information content (AvgIpc) is 2.37. The Balaban J connectivity index is 2.22. The second kappa shape index (κ2) is 9.20. The molecule has 6 heteroatoms. The molecule has 0 aromatic rings. The number of halogens is 2. The van der Waals surface area contributed by atoms with E-state index in [0.29, 0.717) is 0 Å². The third-order valence-corrected chi connectivity index (χ3v) is 3.44. The van der Waals surface area contributed by atoms with Crippen molar-refractivity contribution in [3.05, 3.63) is 0 Å². The standard InChI is InChI=1S/C13H24F2N2O2/c14-12(15)10-17(8-9-18)7-6-13(19)16-11-4-2-1-3-5-11/h11-12,18H,1-10H2,(H,16,19). The summed E-state index contributed by atoms with van der Waals surface area (Å²) in [5, 5.41) is 11.7. The smallest absolute Gasteiger partial charge is 0.251 e. The van der Waals surface area contributed by atoms with Crippen LogP contribution in [0.3, 0.4) is 0 Å². The summed E-state index contributed by atoms with van der Waals surface area (Å²) in [6.45, 7) is -0.112. The van der Waals surface area contributed by atoms with Crippen molar-refractivity contribution in [2.24, 2.45) is 0 Å². The molecular weight excluding hydrogens is 254 g/mol. The molecule has 0 radical (unpaired) electrons. The lowest BCUT2D eigenvalue weighted by molar-refractivity contribution is -0.122. The maximum Gasteiger partial charge on any atom is 0.251 e. The van der Waals surface area contributed by atoms with Crippen molar-refractivity contribution >= 4 is 5.91 Å². The third kappa shape index (κ3) is 7.42. The number of alkyl halides is 2. The van der Waals surface area contributed by atoms with Gasteiger partial charge in [-0.3, -0.25) is 9.69 Å². The molecule has 0 saturated heterocycles. The van der Waals surface area contributed by atoms with Crippen molar-refractivity contribution in [3.63, 3.8) is 0 Å². The predicted octanol–water partition coefficient (Wildman–Crippen LogP) is 1.38. The van der Waals surface area contributed by atoms with Crippen LogP contribution in [0.1, 0.15) is 38.5 Å². The van der Waals surface area contributed by atoms with E-state index in [9.17, 15) is 13.6 Å². The topological polar surface area (TPSA) is 52.6 Å². The van der Waals surface area contributed by atoms with Crippen LogP contribution in [0.15, 0.2) is 0 Å². The summed E-state index contributed by atoms with van der Waals surface area (Å²) in [7, 11) is 0. The minimum atomic E-state index is -2.44. The zero-order valence-electron chi connectivity index (χ0n) is 11.3. The molecule has 1 rings (SSSR count). The van der Waals surface area contributed by atoms with E-state index in [4.69, 9.17) is 5.11 Å². The molecule has 0 spiro atoms. The number of carbonyl (C=O) groups is 1. The molecule has 1 aliphatic carbocycles. The molecule has 1 aliphatic rings. The highest BCUT2D eigenvalue weighted by atomic mass is 19.3. The number of carbonyl (C=O) groups excluding carboxylic acids is 1. The van der Waals surface area contributed by atoms with Crippen molar-refractivity contribution in [2.75, 3.05) is 26.2 Å². The van der Waals surface area contributed by atoms with Crippen LogP contribution in [0, 0.1) is 0 Å². The van der Waals surface area contributed by atoms with Crippen LogP contribution in [0.25, 0.3) is 0 Å². The second-order valence-electron chi connectivity index (χ2n) is 5.07. The third-order valence-electron chi connectivity index (χ3n) is 3.44. The first-order valence-electron chi connectivity index (χ1n) is 7.02. The average molecular weight is 278 g/mol. The summed E-state index contributed by atoms with van der Waals surface area (Å²) >= 11 is 0. The second-order valence-corrected chi connectivity index (χ2v) is 5.07.